The van der Waals surface area contributed by atoms with E-state index in [9.17, 15) is 38.0 Å². The molecule has 12 nitrogen and oxygen atoms in total. The van der Waals surface area contributed by atoms with E-state index in [1.165, 1.54) is 12.1 Å². The highest BCUT2D eigenvalue weighted by Crippen LogP contribution is 2.42. The van der Waals surface area contributed by atoms with Gasteiger partial charge >= 0.3 is 12.1 Å². The summed E-state index contributed by atoms with van der Waals surface area (Å²) >= 11 is 0. The maximum atomic E-state index is 13.0. The Balaban J connectivity index is 1.11. The van der Waals surface area contributed by atoms with E-state index in [2.05, 4.69) is 22.0 Å². The molecule has 5 unspecified atom stereocenters. The number of nitrogens with one attached hydrogen (secondary N) is 1. The summed E-state index contributed by atoms with van der Waals surface area (Å²) in [5, 5.41) is 23.3. The summed E-state index contributed by atoms with van der Waals surface area (Å²) < 4.78 is 52.3. The molecule has 5 atom stereocenters. The predicted octanol–water partition coefficient (Wildman–Crippen LogP) is 4.87. The van der Waals surface area contributed by atoms with E-state index in [-0.39, 0.29) is 49.9 Å². The van der Waals surface area contributed by atoms with Gasteiger partial charge in [0.05, 0.1) is 23.7 Å². The minimum absolute atomic E-state index is 0.0298. The molecule has 6 rings (SSSR count). The number of anilines is 1. The monoisotopic (exact) mass is 725 g/mol. The molecule has 3 aliphatic rings. The molecule has 0 radical (unpaired) electrons. The second-order valence-corrected chi connectivity index (χ2v) is 13.5. The van der Waals surface area contributed by atoms with Gasteiger partial charge in [-0.3, -0.25) is 24.6 Å². The molecule has 3 aromatic rings. The number of non-ortho nitro benzene ring substituents is 1. The zero-order valence-electron chi connectivity index (χ0n) is 28.7. The molecular weight excluding hydrogens is 683 g/mol. The van der Waals surface area contributed by atoms with Gasteiger partial charge in [0.25, 0.3) is 5.69 Å². The maximum Gasteiger partial charge on any atom is 0.471 e. The van der Waals surface area contributed by atoms with Gasteiger partial charge in [-0.1, -0.05) is 55.5 Å². The van der Waals surface area contributed by atoms with Gasteiger partial charge in [0.15, 0.2) is 6.29 Å². The first-order chi connectivity index (χ1) is 24.9. The molecule has 3 fully saturated rings. The summed E-state index contributed by atoms with van der Waals surface area (Å²) in [5.74, 6) is -2.65. The first-order valence-electron chi connectivity index (χ1n) is 17.4. The molecule has 0 saturated carbocycles. The van der Waals surface area contributed by atoms with E-state index in [1.54, 1.807) is 24.3 Å². The molecule has 2 N–H and O–H groups in total. The number of hydrogen-bond donors (Lipinski definition) is 2. The van der Waals surface area contributed by atoms with Crippen LogP contribution in [-0.4, -0.2) is 89.2 Å². The number of nitrogens with zero attached hydrogens (tertiary/aromatic N) is 4. The van der Waals surface area contributed by atoms with Crippen molar-refractivity contribution >= 4 is 23.2 Å². The fourth-order valence-electron chi connectivity index (χ4n) is 7.10. The third-order valence-corrected chi connectivity index (χ3v) is 10.1. The van der Waals surface area contributed by atoms with Crippen LogP contribution in [0.15, 0.2) is 72.8 Å². The number of rotatable bonds is 10. The number of aliphatic hydroxyl groups excluding tert-OH is 1. The first-order valence-corrected chi connectivity index (χ1v) is 17.4. The lowest BCUT2D eigenvalue weighted by Gasteiger charge is -2.44. The van der Waals surface area contributed by atoms with Crippen molar-refractivity contribution in [3.05, 3.63) is 105 Å². The Morgan fingerprint density at radius 2 is 1.54 bits per heavy atom. The Hall–Kier alpha value is -4.57. The summed E-state index contributed by atoms with van der Waals surface area (Å²) in [5.41, 5.74) is 4.21. The number of aliphatic hydroxyl groups is 1. The van der Waals surface area contributed by atoms with E-state index in [0.717, 1.165) is 48.6 Å². The van der Waals surface area contributed by atoms with Crippen molar-refractivity contribution in [2.75, 3.05) is 44.2 Å². The van der Waals surface area contributed by atoms with Crippen molar-refractivity contribution in [3.63, 3.8) is 0 Å². The minimum Gasteiger partial charge on any atom is -0.392 e. The standard InChI is InChI=1S/C37H42F3N5O7/c1-24-32(22-42-17-19-43(20-18-42)29-12-14-30(15-13-29)45(49)50)51-35(52-33(24)27-8-6-26(23-46)7-9-27)28-10-4-25(5-11-28)21-41-34(47)31-3-2-16-44(31)36(48)37(38,39)40/h4-15,24,31-33,35,46H,2-3,16-23H2,1H3,(H,41,47). The van der Waals surface area contributed by atoms with Crippen LogP contribution in [0.2, 0.25) is 0 Å². The number of nitro benzene ring substituents is 1. The average molecular weight is 726 g/mol. The number of nitro groups is 1. The molecule has 0 aromatic heterocycles. The SMILES string of the molecule is CC1C(CN2CCN(c3ccc([N+](=O)[O-])cc3)CC2)OC(c2ccc(CNC(=O)C3CCCN3C(=O)C(F)(F)F)cc2)OC1c1ccc(CO)cc1. The maximum absolute atomic E-state index is 13.0. The van der Waals surface area contributed by atoms with Crippen LogP contribution >= 0.6 is 0 Å². The van der Waals surface area contributed by atoms with Crippen molar-refractivity contribution < 1.29 is 42.3 Å². The Bertz CT molecular complexity index is 1700. The Morgan fingerprint density at radius 1 is 0.904 bits per heavy atom. The molecule has 3 aliphatic heterocycles. The van der Waals surface area contributed by atoms with Gasteiger partial charge in [0.2, 0.25) is 5.91 Å². The lowest BCUT2D eigenvalue weighted by Crippen LogP contribution is -2.51. The van der Waals surface area contributed by atoms with E-state index in [4.69, 9.17) is 9.47 Å². The van der Waals surface area contributed by atoms with Crippen LogP contribution in [0, 0.1) is 16.0 Å². The second kappa shape index (κ2) is 16.0. The van der Waals surface area contributed by atoms with Gasteiger partial charge in [-0.15, -0.1) is 0 Å². The molecular formula is C37H42F3N5O7. The van der Waals surface area contributed by atoms with Gasteiger partial charge in [-0.05, 0) is 41.7 Å². The molecule has 3 heterocycles. The van der Waals surface area contributed by atoms with E-state index < -0.39 is 35.2 Å². The van der Waals surface area contributed by atoms with Gasteiger partial charge in [-0.25, -0.2) is 0 Å². The molecule has 52 heavy (non-hydrogen) atoms. The smallest absolute Gasteiger partial charge is 0.392 e. The lowest BCUT2D eigenvalue weighted by molar-refractivity contribution is -0.384. The van der Waals surface area contributed by atoms with Crippen LogP contribution in [0.4, 0.5) is 24.5 Å². The van der Waals surface area contributed by atoms with Gasteiger partial charge in [0.1, 0.15) is 6.04 Å². The fraction of sp³-hybridized carbons (Fsp3) is 0.459. The predicted molar refractivity (Wildman–Crippen MR) is 184 cm³/mol. The Morgan fingerprint density at radius 3 is 2.15 bits per heavy atom. The molecule has 0 bridgehead atoms. The average Bonchev–Trinajstić information content (AvgIpc) is 3.65. The van der Waals surface area contributed by atoms with Gasteiger partial charge in [-0.2, -0.15) is 13.2 Å². The highest BCUT2D eigenvalue weighted by atomic mass is 19.4. The molecule has 2 amide bonds. The highest BCUT2D eigenvalue weighted by Gasteiger charge is 2.47. The number of carbonyl (C=O) groups excluding carboxylic acids is 2. The molecule has 15 heteroatoms. The number of carbonyl (C=O) groups is 2. The Labute approximate surface area is 299 Å². The Kier molecular flexibility index (Phi) is 11.4. The summed E-state index contributed by atoms with van der Waals surface area (Å²) in [6, 6.07) is 20.3. The third-order valence-electron chi connectivity index (χ3n) is 10.1. The summed E-state index contributed by atoms with van der Waals surface area (Å²) in [6.45, 7) is 5.68. The summed E-state index contributed by atoms with van der Waals surface area (Å²) in [7, 11) is 0. The number of alkyl halides is 3. The van der Waals surface area contributed by atoms with E-state index >= 15 is 0 Å². The zero-order valence-corrected chi connectivity index (χ0v) is 28.7. The van der Waals surface area contributed by atoms with Crippen molar-refractivity contribution in [2.24, 2.45) is 5.92 Å². The van der Waals surface area contributed by atoms with Crippen LogP contribution in [0.5, 0.6) is 0 Å². The second-order valence-electron chi connectivity index (χ2n) is 13.5. The molecule has 0 aliphatic carbocycles. The lowest BCUT2D eigenvalue weighted by atomic mass is 9.90. The van der Waals surface area contributed by atoms with Crippen LogP contribution < -0.4 is 10.2 Å². The van der Waals surface area contributed by atoms with Crippen molar-refractivity contribution in [3.8, 4) is 0 Å². The number of halogens is 3. The fourth-order valence-corrected chi connectivity index (χ4v) is 7.10. The van der Waals surface area contributed by atoms with Crippen LogP contribution in [0.1, 0.15) is 54.4 Å². The van der Waals surface area contributed by atoms with Gasteiger partial charge in [0, 0.05) is 75.1 Å². The topological polar surface area (TPSA) is 138 Å². The minimum atomic E-state index is -5.03. The molecule has 278 valence electrons. The number of piperazine rings is 1. The van der Waals surface area contributed by atoms with Crippen LogP contribution in [0.3, 0.4) is 0 Å². The van der Waals surface area contributed by atoms with Crippen LogP contribution in [0.25, 0.3) is 0 Å². The first kappa shape index (κ1) is 37.2. The quantitative estimate of drug-likeness (QED) is 0.222. The molecule has 3 saturated heterocycles. The molecule has 0 spiro atoms. The van der Waals surface area contributed by atoms with Gasteiger partial charge < -0.3 is 29.7 Å². The largest absolute Gasteiger partial charge is 0.471 e. The van der Waals surface area contributed by atoms with Crippen molar-refractivity contribution in [2.45, 2.75) is 63.6 Å². The third kappa shape index (κ3) is 8.55. The normalized spacial score (nSPS) is 24.1. The van der Waals surface area contributed by atoms with E-state index in [1.807, 2.05) is 36.4 Å². The zero-order chi connectivity index (χ0) is 37.0. The van der Waals surface area contributed by atoms with Crippen molar-refractivity contribution in [1.82, 2.24) is 15.1 Å². The highest BCUT2D eigenvalue weighted by molar-refractivity contribution is 5.90. The summed E-state index contributed by atoms with van der Waals surface area (Å²) in [4.78, 5) is 40.4. The number of likely N-dealkylation sites (tertiary alicyclic amines) is 1. The van der Waals surface area contributed by atoms with E-state index in [0.29, 0.717) is 23.4 Å². The summed E-state index contributed by atoms with van der Waals surface area (Å²) in [6.07, 6.45) is -5.78. The number of benzene rings is 3. The number of hydrogen-bond acceptors (Lipinski definition) is 9. The van der Waals surface area contributed by atoms with Crippen LogP contribution in [-0.2, 0) is 32.2 Å². The van der Waals surface area contributed by atoms with Crippen molar-refractivity contribution in [1.29, 1.82) is 0 Å². The number of amides is 2. The number of ether oxygens (including phenoxy) is 2. The molecule has 3 aromatic carbocycles.